The molecule has 2 N–H and O–H groups in total. The topological polar surface area (TPSA) is 44.4 Å². The first-order valence-electron chi connectivity index (χ1n) is 7.33. The van der Waals surface area contributed by atoms with Gasteiger partial charge in [0.2, 0.25) is 0 Å². The molecule has 1 aromatic rings. The molecule has 0 radical (unpaired) electrons. The number of carbonyl (C=O) groups is 1. The number of rotatable bonds is 3. The minimum atomic E-state index is -4.59. The largest absolute Gasteiger partial charge is 0.412 e. The molecule has 1 saturated heterocycles. The molecule has 1 fully saturated rings. The molecule has 4 nitrogen and oxygen atoms in total. The van der Waals surface area contributed by atoms with E-state index in [1.165, 1.54) is 24.3 Å². The molecule has 0 aliphatic carbocycles. The van der Waals surface area contributed by atoms with E-state index in [4.69, 9.17) is 11.6 Å². The summed E-state index contributed by atoms with van der Waals surface area (Å²) in [4.78, 5) is 14.0. The maximum atomic E-state index is 13.2. The molecule has 1 heterocycles. The van der Waals surface area contributed by atoms with Crippen molar-refractivity contribution >= 4 is 17.6 Å². The first kappa shape index (κ1) is 17.9. The number of amides is 2. The van der Waals surface area contributed by atoms with Gasteiger partial charge in [-0.05, 0) is 50.7 Å². The summed E-state index contributed by atoms with van der Waals surface area (Å²) < 4.78 is 39.6. The Kier molecular flexibility index (Phi) is 5.75. The van der Waals surface area contributed by atoms with Crippen LogP contribution in [0.15, 0.2) is 24.3 Å². The molecule has 2 amide bonds. The molecule has 23 heavy (non-hydrogen) atoms. The molecule has 0 aromatic heterocycles. The number of benzene rings is 1. The van der Waals surface area contributed by atoms with Crippen LogP contribution in [0.1, 0.15) is 24.4 Å². The average Bonchev–Trinajstić information content (AvgIpc) is 2.47. The molecule has 128 valence electrons. The van der Waals surface area contributed by atoms with Crippen molar-refractivity contribution in [3.63, 3.8) is 0 Å². The van der Waals surface area contributed by atoms with Crippen LogP contribution < -0.4 is 10.6 Å². The van der Waals surface area contributed by atoms with Crippen LogP contribution in [0.4, 0.5) is 18.0 Å². The van der Waals surface area contributed by atoms with E-state index in [0.29, 0.717) is 5.02 Å². The third-order valence-corrected chi connectivity index (χ3v) is 4.11. The van der Waals surface area contributed by atoms with E-state index in [9.17, 15) is 18.0 Å². The number of alkyl halides is 3. The Morgan fingerprint density at radius 1 is 1.26 bits per heavy atom. The highest BCUT2D eigenvalue weighted by atomic mass is 35.5. The summed E-state index contributed by atoms with van der Waals surface area (Å²) in [5.41, 5.74) is -0.0552. The molecule has 1 aliphatic rings. The number of carbonyl (C=O) groups excluding carboxylic acids is 1. The third-order valence-electron chi connectivity index (χ3n) is 3.86. The number of piperidine rings is 1. The van der Waals surface area contributed by atoms with Crippen LogP contribution in [0, 0.1) is 0 Å². The van der Waals surface area contributed by atoms with Crippen LogP contribution in [0.25, 0.3) is 0 Å². The summed E-state index contributed by atoms with van der Waals surface area (Å²) in [7, 11) is 1.97. The minimum absolute atomic E-state index is 0.0552. The van der Waals surface area contributed by atoms with Crippen molar-refractivity contribution in [2.75, 3.05) is 20.1 Å². The number of nitrogens with one attached hydrogen (secondary N) is 2. The van der Waals surface area contributed by atoms with E-state index in [1.54, 1.807) is 0 Å². The van der Waals surface area contributed by atoms with Gasteiger partial charge < -0.3 is 15.5 Å². The van der Waals surface area contributed by atoms with E-state index in [1.807, 2.05) is 12.4 Å². The highest BCUT2D eigenvalue weighted by molar-refractivity contribution is 6.30. The van der Waals surface area contributed by atoms with Gasteiger partial charge >= 0.3 is 12.2 Å². The van der Waals surface area contributed by atoms with Crippen LogP contribution in [-0.2, 0) is 0 Å². The van der Waals surface area contributed by atoms with Crippen LogP contribution in [0.3, 0.4) is 0 Å². The van der Waals surface area contributed by atoms with Crippen LogP contribution in [-0.4, -0.2) is 43.3 Å². The number of urea groups is 1. The van der Waals surface area contributed by atoms with Crippen LogP contribution in [0.5, 0.6) is 0 Å². The monoisotopic (exact) mass is 349 g/mol. The lowest BCUT2D eigenvalue weighted by atomic mass is 10.1. The quantitative estimate of drug-likeness (QED) is 0.879. The first-order valence-corrected chi connectivity index (χ1v) is 7.71. The highest BCUT2D eigenvalue weighted by Gasteiger charge is 2.42. The lowest BCUT2D eigenvalue weighted by Crippen LogP contribution is -2.49. The highest BCUT2D eigenvalue weighted by Crippen LogP contribution is 2.33. The van der Waals surface area contributed by atoms with Crippen molar-refractivity contribution in [3.8, 4) is 0 Å². The first-order chi connectivity index (χ1) is 10.8. The van der Waals surface area contributed by atoms with Gasteiger partial charge in [0.25, 0.3) is 0 Å². The Bertz CT molecular complexity index is 528. The van der Waals surface area contributed by atoms with Crippen molar-refractivity contribution in [1.29, 1.82) is 0 Å². The van der Waals surface area contributed by atoms with Crippen molar-refractivity contribution in [3.05, 3.63) is 34.9 Å². The molecule has 0 bridgehead atoms. The molecule has 8 heteroatoms. The van der Waals surface area contributed by atoms with Crippen molar-refractivity contribution in [2.45, 2.75) is 31.1 Å². The Morgan fingerprint density at radius 3 is 2.35 bits per heavy atom. The zero-order chi connectivity index (χ0) is 17.0. The number of nitrogens with zero attached hydrogens (tertiary/aromatic N) is 1. The second kappa shape index (κ2) is 7.40. The van der Waals surface area contributed by atoms with Gasteiger partial charge in [0, 0.05) is 11.1 Å². The molecule has 1 atom stereocenters. The predicted octanol–water partition coefficient (Wildman–Crippen LogP) is 3.34. The zero-order valence-electron chi connectivity index (χ0n) is 12.7. The lowest BCUT2D eigenvalue weighted by molar-refractivity contribution is -0.155. The van der Waals surface area contributed by atoms with Crippen LogP contribution in [0.2, 0.25) is 5.02 Å². The van der Waals surface area contributed by atoms with E-state index in [0.717, 1.165) is 25.9 Å². The SMILES string of the molecule is CN1CCC(NC(=O)NC(c2ccc(Cl)cc2)C(F)(F)F)CC1. The van der Waals surface area contributed by atoms with Crippen molar-refractivity contribution < 1.29 is 18.0 Å². The normalized spacial score (nSPS) is 18.5. The molecular weight excluding hydrogens is 331 g/mol. The van der Waals surface area contributed by atoms with Gasteiger partial charge in [-0.15, -0.1) is 0 Å². The standard InChI is InChI=1S/C15H19ClF3N3O/c1-22-8-6-12(7-9-22)20-14(23)21-13(15(17,18)19)10-2-4-11(16)5-3-10/h2-5,12-13H,6-9H2,1H3,(H2,20,21,23). The molecule has 1 aliphatic heterocycles. The van der Waals surface area contributed by atoms with Gasteiger partial charge in [-0.1, -0.05) is 23.7 Å². The van der Waals surface area contributed by atoms with E-state index < -0.39 is 18.2 Å². The van der Waals surface area contributed by atoms with Gasteiger partial charge in [-0.3, -0.25) is 0 Å². The third kappa shape index (κ3) is 5.28. The minimum Gasteiger partial charge on any atom is -0.335 e. The fourth-order valence-electron chi connectivity index (χ4n) is 2.52. The predicted molar refractivity (Wildman–Crippen MR) is 82.4 cm³/mol. The van der Waals surface area contributed by atoms with E-state index in [2.05, 4.69) is 10.2 Å². The van der Waals surface area contributed by atoms with E-state index >= 15 is 0 Å². The molecular formula is C15H19ClF3N3O. The van der Waals surface area contributed by atoms with Gasteiger partial charge in [0.1, 0.15) is 0 Å². The smallest absolute Gasteiger partial charge is 0.335 e. The molecule has 0 saturated carbocycles. The Morgan fingerprint density at radius 2 is 1.83 bits per heavy atom. The number of halogens is 4. The summed E-state index contributed by atoms with van der Waals surface area (Å²) in [6.45, 7) is 1.62. The van der Waals surface area contributed by atoms with Gasteiger partial charge in [-0.2, -0.15) is 13.2 Å². The van der Waals surface area contributed by atoms with Gasteiger partial charge in [0.15, 0.2) is 6.04 Å². The van der Waals surface area contributed by atoms with Crippen molar-refractivity contribution in [2.24, 2.45) is 0 Å². The second-order valence-electron chi connectivity index (χ2n) is 5.72. The fraction of sp³-hybridized carbons (Fsp3) is 0.533. The molecule has 1 unspecified atom stereocenters. The zero-order valence-corrected chi connectivity index (χ0v) is 13.4. The summed E-state index contributed by atoms with van der Waals surface area (Å²) in [6.07, 6.45) is -3.14. The Hall–Kier alpha value is -1.47. The van der Waals surface area contributed by atoms with Crippen molar-refractivity contribution in [1.82, 2.24) is 15.5 Å². The Balaban J connectivity index is 2.00. The van der Waals surface area contributed by atoms with Gasteiger partial charge in [-0.25, -0.2) is 4.79 Å². The number of hydrogen-bond acceptors (Lipinski definition) is 2. The van der Waals surface area contributed by atoms with Gasteiger partial charge in [0.05, 0.1) is 0 Å². The average molecular weight is 350 g/mol. The second-order valence-corrected chi connectivity index (χ2v) is 6.16. The molecule has 0 spiro atoms. The molecule has 1 aromatic carbocycles. The lowest BCUT2D eigenvalue weighted by Gasteiger charge is -2.30. The maximum absolute atomic E-state index is 13.2. The number of likely N-dealkylation sites (tertiary alicyclic amines) is 1. The summed E-state index contributed by atoms with van der Waals surface area (Å²) in [5, 5.41) is 4.98. The summed E-state index contributed by atoms with van der Waals surface area (Å²) >= 11 is 5.69. The summed E-state index contributed by atoms with van der Waals surface area (Å²) in [5.74, 6) is 0. The van der Waals surface area contributed by atoms with Crippen LogP contribution >= 0.6 is 11.6 Å². The fourth-order valence-corrected chi connectivity index (χ4v) is 2.65. The Labute approximate surface area is 138 Å². The van der Waals surface area contributed by atoms with E-state index in [-0.39, 0.29) is 11.6 Å². The molecule has 2 rings (SSSR count). The summed E-state index contributed by atoms with van der Waals surface area (Å²) in [6, 6.07) is 2.28. The maximum Gasteiger partial charge on any atom is 0.412 e. The number of hydrogen-bond donors (Lipinski definition) is 2.